The van der Waals surface area contributed by atoms with Gasteiger partial charge in [-0.3, -0.25) is 14.4 Å². The first-order valence-corrected chi connectivity index (χ1v) is 18.1. The fraction of sp³-hybridized carbons (Fsp3) is 0.405. The molecule has 3 aliphatic rings. The second-order valence-electron chi connectivity index (χ2n) is 14.9. The van der Waals surface area contributed by atoms with Gasteiger partial charge < -0.3 is 15.3 Å². The molecule has 1 atom stereocenters. The van der Waals surface area contributed by atoms with Crippen LogP contribution < -0.4 is 5.32 Å². The molecule has 1 aliphatic heterocycles. The molecule has 0 radical (unpaired) electrons. The lowest BCUT2D eigenvalue weighted by molar-refractivity contribution is -0.153. The van der Waals surface area contributed by atoms with Gasteiger partial charge in [0.15, 0.2) is 5.82 Å². The Morgan fingerprint density at radius 2 is 1.46 bits per heavy atom. The number of hydrogen-bond acceptors (Lipinski definition) is 5. The molecule has 2 amide bonds. The highest BCUT2D eigenvalue weighted by molar-refractivity contribution is 5.98. The number of nitrogens with one attached hydrogen (secondary N) is 1. The molecule has 4 aromatic rings. The number of likely N-dealkylation sites (tertiary alicyclic amines) is 1. The lowest BCUT2D eigenvalue weighted by atomic mass is 9.78. The highest BCUT2D eigenvalue weighted by Gasteiger charge is 2.40. The molecule has 8 nitrogen and oxygen atoms in total. The number of aliphatic carboxylic acids is 1. The number of nitrogens with zero attached hydrogens (tertiary/aromatic N) is 3. The van der Waals surface area contributed by atoms with Crippen LogP contribution in [0.5, 0.6) is 0 Å². The zero-order valence-electron chi connectivity index (χ0n) is 29.0. The summed E-state index contributed by atoms with van der Waals surface area (Å²) in [6, 6.07) is 23.4. The minimum atomic E-state index is -0.914. The van der Waals surface area contributed by atoms with Gasteiger partial charge in [0.1, 0.15) is 6.04 Å². The van der Waals surface area contributed by atoms with Crippen molar-refractivity contribution in [1.29, 1.82) is 0 Å². The summed E-state index contributed by atoms with van der Waals surface area (Å²) in [6.07, 6.45) is 12.8. The molecule has 0 unspecified atom stereocenters. The quantitative estimate of drug-likeness (QED) is 0.172. The number of hydrogen-bond donors (Lipinski definition) is 2. The van der Waals surface area contributed by atoms with Crippen molar-refractivity contribution in [2.45, 2.75) is 82.6 Å². The number of carboxylic acids is 1. The van der Waals surface area contributed by atoms with E-state index < -0.39 is 17.9 Å². The Labute approximate surface area is 294 Å². The standard InChI is InChI=1S/C42H46N4O4/c1-3-27-4-8-29(9-5-27)30-12-14-31(15-13-30)34-23-43-38(44-24-34)32-10-6-28(7-11-32)22-37(40(48)46-25-35(26-46)41(49)50)45-39(47)33-16-18-36(19-17-33)42(2)20-21-42/h6-7,10-19,23-24,27,29,35,37H,3-5,8-9,20-22,25-26H2,1-2H3,(H,45,47)(H,49,50)/t27?,29?,37-/m0/s1. The van der Waals surface area contributed by atoms with E-state index in [1.165, 1.54) is 48.1 Å². The molecule has 0 bridgehead atoms. The highest BCUT2D eigenvalue weighted by atomic mass is 16.4. The summed E-state index contributed by atoms with van der Waals surface area (Å²) >= 11 is 0. The van der Waals surface area contributed by atoms with Crippen LogP contribution in [0.15, 0.2) is 85.2 Å². The van der Waals surface area contributed by atoms with Gasteiger partial charge in [-0.1, -0.05) is 80.9 Å². The van der Waals surface area contributed by atoms with Crippen molar-refractivity contribution in [1.82, 2.24) is 20.2 Å². The Morgan fingerprint density at radius 3 is 2.04 bits per heavy atom. The van der Waals surface area contributed by atoms with E-state index >= 15 is 0 Å². The third kappa shape index (κ3) is 7.35. The molecular formula is C42H46N4O4. The number of carboxylic acid groups (broad SMARTS) is 1. The number of carbonyl (C=O) groups excluding carboxylic acids is 2. The summed E-state index contributed by atoms with van der Waals surface area (Å²) in [5.74, 6) is 0.0541. The first-order chi connectivity index (χ1) is 24.2. The normalized spacial score (nSPS) is 20.4. The van der Waals surface area contributed by atoms with E-state index in [0.29, 0.717) is 17.3 Å². The zero-order valence-corrected chi connectivity index (χ0v) is 29.0. The maximum absolute atomic E-state index is 13.5. The fourth-order valence-corrected chi connectivity index (χ4v) is 7.48. The van der Waals surface area contributed by atoms with E-state index in [4.69, 9.17) is 0 Å². The second-order valence-corrected chi connectivity index (χ2v) is 14.9. The van der Waals surface area contributed by atoms with Crippen LogP contribution in [0.3, 0.4) is 0 Å². The lowest BCUT2D eigenvalue weighted by Gasteiger charge is -2.39. The molecule has 50 heavy (non-hydrogen) atoms. The monoisotopic (exact) mass is 670 g/mol. The van der Waals surface area contributed by atoms with Crippen molar-refractivity contribution < 1.29 is 19.5 Å². The second kappa shape index (κ2) is 14.2. The van der Waals surface area contributed by atoms with Gasteiger partial charge in [0, 0.05) is 48.6 Å². The Morgan fingerprint density at radius 1 is 0.840 bits per heavy atom. The van der Waals surface area contributed by atoms with Gasteiger partial charge >= 0.3 is 5.97 Å². The molecule has 3 aromatic carbocycles. The number of rotatable bonds is 11. The van der Waals surface area contributed by atoms with Gasteiger partial charge in [-0.2, -0.15) is 0 Å². The Hall–Kier alpha value is -4.85. The summed E-state index contributed by atoms with van der Waals surface area (Å²) < 4.78 is 0. The Bertz CT molecular complexity index is 1820. The van der Waals surface area contributed by atoms with Gasteiger partial charge in [0.05, 0.1) is 5.92 Å². The van der Waals surface area contributed by atoms with Crippen LogP contribution in [0.4, 0.5) is 0 Å². The maximum atomic E-state index is 13.5. The maximum Gasteiger partial charge on any atom is 0.310 e. The van der Waals surface area contributed by atoms with E-state index in [0.717, 1.165) is 41.0 Å². The third-order valence-corrected chi connectivity index (χ3v) is 11.4. The predicted molar refractivity (Wildman–Crippen MR) is 194 cm³/mol. The molecule has 2 heterocycles. The van der Waals surface area contributed by atoms with Gasteiger partial charge in [0.2, 0.25) is 5.91 Å². The minimum absolute atomic E-state index is 0.143. The summed E-state index contributed by atoms with van der Waals surface area (Å²) in [6.45, 7) is 4.81. The summed E-state index contributed by atoms with van der Waals surface area (Å²) in [4.78, 5) is 49.0. The van der Waals surface area contributed by atoms with Crippen LogP contribution >= 0.6 is 0 Å². The first kappa shape index (κ1) is 33.6. The average Bonchev–Trinajstić information content (AvgIpc) is 3.89. The van der Waals surface area contributed by atoms with Crippen LogP contribution in [0.1, 0.15) is 91.8 Å². The van der Waals surface area contributed by atoms with Crippen molar-refractivity contribution in [3.05, 3.63) is 107 Å². The average molecular weight is 671 g/mol. The molecule has 3 fully saturated rings. The largest absolute Gasteiger partial charge is 0.481 e. The summed E-state index contributed by atoms with van der Waals surface area (Å²) in [5, 5.41) is 12.3. The van der Waals surface area contributed by atoms with Crippen molar-refractivity contribution in [2.24, 2.45) is 11.8 Å². The van der Waals surface area contributed by atoms with E-state index in [-0.39, 0.29) is 36.7 Å². The highest BCUT2D eigenvalue weighted by Crippen LogP contribution is 2.47. The van der Waals surface area contributed by atoms with Crippen molar-refractivity contribution in [2.75, 3.05) is 13.1 Å². The molecule has 1 aromatic heterocycles. The number of benzene rings is 3. The predicted octanol–water partition coefficient (Wildman–Crippen LogP) is 7.43. The van der Waals surface area contributed by atoms with Crippen LogP contribution in [0, 0.1) is 11.8 Å². The number of carbonyl (C=O) groups is 3. The number of amides is 2. The molecule has 2 N–H and O–H groups in total. The van der Waals surface area contributed by atoms with Crippen molar-refractivity contribution in [3.63, 3.8) is 0 Å². The zero-order chi connectivity index (χ0) is 34.8. The van der Waals surface area contributed by atoms with Gasteiger partial charge in [-0.15, -0.1) is 0 Å². The van der Waals surface area contributed by atoms with Crippen LogP contribution in [0.25, 0.3) is 22.5 Å². The number of aromatic nitrogens is 2. The Kier molecular flexibility index (Phi) is 9.54. The van der Waals surface area contributed by atoms with Gasteiger partial charge in [-0.05, 0) is 90.2 Å². The molecule has 2 saturated carbocycles. The molecule has 2 aliphatic carbocycles. The molecular weight excluding hydrogens is 624 g/mol. The van der Waals surface area contributed by atoms with Crippen molar-refractivity contribution in [3.8, 4) is 22.5 Å². The summed E-state index contributed by atoms with van der Waals surface area (Å²) in [5.41, 5.74) is 7.11. The first-order valence-electron chi connectivity index (χ1n) is 18.1. The van der Waals surface area contributed by atoms with Crippen LogP contribution in [0.2, 0.25) is 0 Å². The topological polar surface area (TPSA) is 112 Å². The SMILES string of the molecule is CCC1CCC(c2ccc(-c3cnc(-c4ccc(C[C@H](NC(=O)c5ccc(C6(C)CC6)cc5)C(=O)N5CC(C(=O)O)C5)cc4)nc3)cc2)CC1. The molecule has 7 rings (SSSR count). The van der Waals surface area contributed by atoms with Crippen molar-refractivity contribution >= 4 is 17.8 Å². The summed E-state index contributed by atoms with van der Waals surface area (Å²) in [7, 11) is 0. The molecule has 0 spiro atoms. The molecule has 8 heteroatoms. The van der Waals surface area contributed by atoms with Crippen LogP contribution in [-0.2, 0) is 21.4 Å². The van der Waals surface area contributed by atoms with E-state index in [1.54, 1.807) is 0 Å². The minimum Gasteiger partial charge on any atom is -0.481 e. The third-order valence-electron chi connectivity index (χ3n) is 11.4. The molecule has 258 valence electrons. The van der Waals surface area contributed by atoms with Crippen LogP contribution in [-0.4, -0.2) is 56.9 Å². The lowest BCUT2D eigenvalue weighted by Crippen LogP contribution is -2.59. The van der Waals surface area contributed by atoms with E-state index in [9.17, 15) is 19.5 Å². The smallest absolute Gasteiger partial charge is 0.310 e. The van der Waals surface area contributed by atoms with E-state index in [2.05, 4.69) is 53.4 Å². The van der Waals surface area contributed by atoms with E-state index in [1.807, 2.05) is 60.9 Å². The van der Waals surface area contributed by atoms with Gasteiger partial charge in [-0.25, -0.2) is 9.97 Å². The van der Waals surface area contributed by atoms with Gasteiger partial charge in [0.25, 0.3) is 5.91 Å². The fourth-order valence-electron chi connectivity index (χ4n) is 7.48. The molecule has 1 saturated heterocycles. The Balaban J connectivity index is 1.00.